The van der Waals surface area contributed by atoms with E-state index in [1.807, 2.05) is 24.4 Å². The van der Waals surface area contributed by atoms with E-state index in [1.54, 1.807) is 6.20 Å². The molecule has 5 nitrogen and oxygen atoms in total. The van der Waals surface area contributed by atoms with Crippen LogP contribution in [-0.4, -0.2) is 21.6 Å². The van der Waals surface area contributed by atoms with Gasteiger partial charge in [0.2, 0.25) is 5.88 Å². The highest BCUT2D eigenvalue weighted by atomic mass is 16.5. The molecule has 19 heavy (non-hydrogen) atoms. The van der Waals surface area contributed by atoms with Crippen LogP contribution in [0.3, 0.4) is 0 Å². The van der Waals surface area contributed by atoms with E-state index in [1.165, 1.54) is 6.33 Å². The summed E-state index contributed by atoms with van der Waals surface area (Å²) in [5, 5.41) is 3.30. The Morgan fingerprint density at radius 3 is 3.00 bits per heavy atom. The quantitative estimate of drug-likeness (QED) is 0.863. The molecule has 5 heteroatoms. The molecule has 0 fully saturated rings. The van der Waals surface area contributed by atoms with Crippen LogP contribution >= 0.6 is 0 Å². The van der Waals surface area contributed by atoms with Gasteiger partial charge >= 0.3 is 0 Å². The van der Waals surface area contributed by atoms with E-state index in [0.717, 1.165) is 17.8 Å². The first-order valence-corrected chi connectivity index (χ1v) is 6.41. The molecule has 0 aliphatic carbocycles. The molecule has 0 amide bonds. The van der Waals surface area contributed by atoms with Gasteiger partial charge in [0.15, 0.2) is 0 Å². The first kappa shape index (κ1) is 13.3. The van der Waals surface area contributed by atoms with Crippen LogP contribution < -0.4 is 10.1 Å². The lowest BCUT2D eigenvalue weighted by Crippen LogP contribution is -2.08. The van der Waals surface area contributed by atoms with Crippen molar-refractivity contribution in [3.8, 4) is 5.88 Å². The minimum Gasteiger partial charge on any atom is -0.478 e. The summed E-state index contributed by atoms with van der Waals surface area (Å²) in [5.41, 5.74) is 1.11. The van der Waals surface area contributed by atoms with Gasteiger partial charge in [0.25, 0.3) is 0 Å². The monoisotopic (exact) mass is 258 g/mol. The molecule has 0 spiro atoms. The zero-order valence-electron chi connectivity index (χ0n) is 11.2. The molecule has 0 saturated carbocycles. The van der Waals surface area contributed by atoms with E-state index in [0.29, 0.717) is 12.5 Å². The first-order chi connectivity index (χ1) is 9.29. The molecule has 0 aliphatic heterocycles. The predicted molar refractivity (Wildman–Crippen MR) is 74.1 cm³/mol. The summed E-state index contributed by atoms with van der Waals surface area (Å²) in [6, 6.07) is 5.88. The SMILES string of the molecule is CCCOc1cc(NC(C)c2cccnc2)ncn1. The van der Waals surface area contributed by atoms with Crippen LogP contribution in [0.4, 0.5) is 5.82 Å². The topological polar surface area (TPSA) is 59.9 Å². The number of nitrogens with one attached hydrogen (secondary N) is 1. The Hall–Kier alpha value is -2.17. The Balaban J connectivity index is 2.02. The van der Waals surface area contributed by atoms with Crippen LogP contribution in [0, 0.1) is 0 Å². The molecule has 1 N–H and O–H groups in total. The average molecular weight is 258 g/mol. The number of nitrogens with zero attached hydrogens (tertiary/aromatic N) is 3. The molecule has 2 rings (SSSR count). The van der Waals surface area contributed by atoms with Gasteiger partial charge in [-0.2, -0.15) is 0 Å². The van der Waals surface area contributed by atoms with Crippen molar-refractivity contribution < 1.29 is 4.74 Å². The minimum atomic E-state index is 0.127. The second-order valence-corrected chi connectivity index (χ2v) is 4.24. The maximum absolute atomic E-state index is 5.48. The third kappa shape index (κ3) is 3.91. The van der Waals surface area contributed by atoms with Gasteiger partial charge in [0, 0.05) is 18.5 Å². The van der Waals surface area contributed by atoms with Gasteiger partial charge in [0.05, 0.1) is 12.6 Å². The fourth-order valence-corrected chi connectivity index (χ4v) is 1.64. The predicted octanol–water partition coefficient (Wildman–Crippen LogP) is 2.83. The molecule has 2 aromatic heterocycles. The number of hydrogen-bond donors (Lipinski definition) is 1. The summed E-state index contributed by atoms with van der Waals surface area (Å²) in [6.45, 7) is 4.78. The highest BCUT2D eigenvalue weighted by Crippen LogP contribution is 2.18. The zero-order valence-corrected chi connectivity index (χ0v) is 11.2. The Bertz CT molecular complexity index is 504. The molecule has 2 aromatic rings. The average Bonchev–Trinajstić information content (AvgIpc) is 2.46. The number of anilines is 1. The lowest BCUT2D eigenvalue weighted by molar-refractivity contribution is 0.305. The highest BCUT2D eigenvalue weighted by molar-refractivity contribution is 5.39. The molecule has 0 bridgehead atoms. The fraction of sp³-hybridized carbons (Fsp3) is 0.357. The van der Waals surface area contributed by atoms with Gasteiger partial charge in [-0.05, 0) is 25.0 Å². The Kier molecular flexibility index (Phi) is 4.66. The lowest BCUT2D eigenvalue weighted by atomic mass is 10.1. The van der Waals surface area contributed by atoms with Crippen LogP contribution in [-0.2, 0) is 0 Å². The van der Waals surface area contributed by atoms with E-state index in [4.69, 9.17) is 4.74 Å². The zero-order chi connectivity index (χ0) is 13.5. The number of hydrogen-bond acceptors (Lipinski definition) is 5. The minimum absolute atomic E-state index is 0.127. The standard InChI is InChI=1S/C14H18N4O/c1-3-7-19-14-8-13(16-10-17-14)18-11(2)12-5-4-6-15-9-12/h4-6,8-11H,3,7H2,1-2H3,(H,16,17,18). The van der Waals surface area contributed by atoms with Crippen LogP contribution in [0.2, 0.25) is 0 Å². The summed E-state index contributed by atoms with van der Waals surface area (Å²) in [5.74, 6) is 1.34. The van der Waals surface area contributed by atoms with Crippen LogP contribution in [0.25, 0.3) is 0 Å². The van der Waals surface area contributed by atoms with Crippen LogP contribution in [0.15, 0.2) is 36.9 Å². The molecular formula is C14H18N4O. The van der Waals surface area contributed by atoms with Crippen molar-refractivity contribution >= 4 is 5.82 Å². The molecule has 0 radical (unpaired) electrons. The normalized spacial score (nSPS) is 11.9. The van der Waals surface area contributed by atoms with Gasteiger partial charge in [-0.15, -0.1) is 0 Å². The number of aromatic nitrogens is 3. The summed E-state index contributed by atoms with van der Waals surface area (Å²) in [6.07, 6.45) is 6.06. The first-order valence-electron chi connectivity index (χ1n) is 6.41. The van der Waals surface area contributed by atoms with Crippen molar-refractivity contribution in [1.82, 2.24) is 15.0 Å². The third-order valence-corrected chi connectivity index (χ3v) is 2.64. The fourth-order valence-electron chi connectivity index (χ4n) is 1.64. The molecule has 2 heterocycles. The largest absolute Gasteiger partial charge is 0.478 e. The summed E-state index contributed by atoms with van der Waals surface area (Å²) < 4.78 is 5.48. The van der Waals surface area contributed by atoms with Gasteiger partial charge < -0.3 is 10.1 Å². The second kappa shape index (κ2) is 6.68. The summed E-state index contributed by atoms with van der Waals surface area (Å²) in [4.78, 5) is 12.4. The molecule has 0 aliphatic rings. The van der Waals surface area contributed by atoms with Gasteiger partial charge in [-0.1, -0.05) is 13.0 Å². The summed E-state index contributed by atoms with van der Waals surface area (Å²) in [7, 11) is 0. The van der Waals surface area contributed by atoms with Crippen molar-refractivity contribution in [2.24, 2.45) is 0 Å². The lowest BCUT2D eigenvalue weighted by Gasteiger charge is -2.14. The van der Waals surface area contributed by atoms with Crippen molar-refractivity contribution in [2.45, 2.75) is 26.3 Å². The van der Waals surface area contributed by atoms with Crippen LogP contribution in [0.5, 0.6) is 5.88 Å². The van der Waals surface area contributed by atoms with E-state index < -0.39 is 0 Å². The van der Waals surface area contributed by atoms with Gasteiger partial charge in [-0.3, -0.25) is 4.98 Å². The molecule has 0 saturated heterocycles. The number of ether oxygens (including phenoxy) is 1. The molecule has 1 unspecified atom stereocenters. The number of rotatable bonds is 6. The van der Waals surface area contributed by atoms with Gasteiger partial charge in [0.1, 0.15) is 12.1 Å². The van der Waals surface area contributed by atoms with Gasteiger partial charge in [-0.25, -0.2) is 9.97 Å². The molecular weight excluding hydrogens is 240 g/mol. The molecule has 100 valence electrons. The highest BCUT2D eigenvalue weighted by Gasteiger charge is 2.07. The van der Waals surface area contributed by atoms with Crippen molar-refractivity contribution in [2.75, 3.05) is 11.9 Å². The Labute approximate surface area is 113 Å². The van der Waals surface area contributed by atoms with Crippen molar-refractivity contribution in [3.05, 3.63) is 42.5 Å². The van der Waals surface area contributed by atoms with Crippen molar-refractivity contribution in [1.29, 1.82) is 0 Å². The Morgan fingerprint density at radius 2 is 2.26 bits per heavy atom. The Morgan fingerprint density at radius 1 is 1.37 bits per heavy atom. The maximum atomic E-state index is 5.48. The van der Waals surface area contributed by atoms with E-state index >= 15 is 0 Å². The van der Waals surface area contributed by atoms with E-state index in [9.17, 15) is 0 Å². The van der Waals surface area contributed by atoms with E-state index in [-0.39, 0.29) is 6.04 Å². The van der Waals surface area contributed by atoms with E-state index in [2.05, 4.69) is 34.1 Å². The summed E-state index contributed by atoms with van der Waals surface area (Å²) >= 11 is 0. The number of pyridine rings is 1. The molecule has 1 atom stereocenters. The maximum Gasteiger partial charge on any atom is 0.218 e. The second-order valence-electron chi connectivity index (χ2n) is 4.24. The smallest absolute Gasteiger partial charge is 0.218 e. The third-order valence-electron chi connectivity index (χ3n) is 2.64. The van der Waals surface area contributed by atoms with Crippen molar-refractivity contribution in [3.63, 3.8) is 0 Å². The molecule has 0 aromatic carbocycles. The van der Waals surface area contributed by atoms with Crippen LogP contribution in [0.1, 0.15) is 31.9 Å².